The predicted octanol–water partition coefficient (Wildman–Crippen LogP) is 3.76. The predicted molar refractivity (Wildman–Crippen MR) is 96.7 cm³/mol. The van der Waals surface area contributed by atoms with Gasteiger partial charge in [0.2, 0.25) is 5.89 Å². The summed E-state index contributed by atoms with van der Waals surface area (Å²) in [6, 6.07) is 11.8. The highest BCUT2D eigenvalue weighted by molar-refractivity contribution is 5.94. The molecule has 4 rings (SSSR count). The number of hydrogen-bond donors (Lipinski definition) is 0. The maximum Gasteiger partial charge on any atom is 0.254 e. The van der Waals surface area contributed by atoms with Crippen LogP contribution >= 0.6 is 0 Å². The van der Waals surface area contributed by atoms with Gasteiger partial charge < -0.3 is 14.1 Å². The topological polar surface area (TPSA) is 55.6 Å². The summed E-state index contributed by atoms with van der Waals surface area (Å²) in [7, 11) is 0. The van der Waals surface area contributed by atoms with Crippen molar-refractivity contribution in [3.63, 3.8) is 0 Å². The maximum atomic E-state index is 13.4. The molecule has 1 fully saturated rings. The summed E-state index contributed by atoms with van der Waals surface area (Å²) in [6.45, 7) is 1.02. The van der Waals surface area contributed by atoms with E-state index in [4.69, 9.17) is 9.15 Å². The Bertz CT molecular complexity index is 972. The van der Waals surface area contributed by atoms with Crippen LogP contribution in [0.15, 0.2) is 59.1 Å². The van der Waals surface area contributed by atoms with Crippen molar-refractivity contribution < 1.29 is 22.7 Å². The molecule has 2 aromatic carbocycles. The highest BCUT2D eigenvalue weighted by Gasteiger charge is 2.29. The van der Waals surface area contributed by atoms with Crippen LogP contribution < -0.4 is 0 Å². The van der Waals surface area contributed by atoms with Gasteiger partial charge in [0.05, 0.1) is 19.3 Å². The van der Waals surface area contributed by atoms with Gasteiger partial charge in [-0.15, -0.1) is 0 Å². The van der Waals surface area contributed by atoms with Crippen molar-refractivity contribution in [1.82, 2.24) is 9.88 Å². The third kappa shape index (κ3) is 4.09. The molecule has 0 spiro atoms. The summed E-state index contributed by atoms with van der Waals surface area (Å²) in [5.74, 6) is 0.00741. The van der Waals surface area contributed by atoms with E-state index in [2.05, 4.69) is 4.98 Å². The smallest absolute Gasteiger partial charge is 0.254 e. The minimum absolute atomic E-state index is 0.258. The number of carbonyl (C=O) groups excluding carboxylic acids is 1. The summed E-state index contributed by atoms with van der Waals surface area (Å²) in [5, 5.41) is 0. The van der Waals surface area contributed by atoms with Crippen LogP contribution in [0.1, 0.15) is 33.7 Å². The monoisotopic (exact) mass is 384 g/mol. The number of carbonyl (C=O) groups is 1. The summed E-state index contributed by atoms with van der Waals surface area (Å²) in [4.78, 5) is 18.5. The van der Waals surface area contributed by atoms with E-state index in [1.165, 1.54) is 30.3 Å². The van der Waals surface area contributed by atoms with E-state index in [1.54, 1.807) is 29.3 Å². The number of benzene rings is 2. The van der Waals surface area contributed by atoms with Gasteiger partial charge in [-0.25, -0.2) is 13.8 Å². The lowest BCUT2D eigenvalue weighted by atomic mass is 10.1. The molecule has 0 radical (unpaired) electrons. The lowest BCUT2D eigenvalue weighted by molar-refractivity contribution is -0.0349. The molecule has 1 unspecified atom stereocenters. The first kappa shape index (κ1) is 18.3. The van der Waals surface area contributed by atoms with Gasteiger partial charge >= 0.3 is 0 Å². The Hall–Kier alpha value is -3.06. The van der Waals surface area contributed by atoms with Crippen LogP contribution in [0.2, 0.25) is 0 Å². The van der Waals surface area contributed by atoms with Crippen molar-refractivity contribution in [3.05, 3.63) is 89.1 Å². The second-order valence-corrected chi connectivity index (χ2v) is 6.59. The highest BCUT2D eigenvalue weighted by Crippen LogP contribution is 2.24. The Morgan fingerprint density at radius 1 is 1.14 bits per heavy atom. The van der Waals surface area contributed by atoms with Crippen molar-refractivity contribution >= 4 is 5.91 Å². The number of amides is 1. The van der Waals surface area contributed by atoms with Gasteiger partial charge in [0.15, 0.2) is 6.10 Å². The summed E-state index contributed by atoms with van der Waals surface area (Å²) in [5.41, 5.74) is 1.20. The molecule has 144 valence electrons. The number of hydrogen-bond acceptors (Lipinski definition) is 4. The minimum atomic E-state index is -0.492. The average Bonchev–Trinajstić information content (AvgIpc) is 3.18. The molecule has 1 aromatic heterocycles. The number of morpholine rings is 1. The molecule has 1 aliphatic rings. The fourth-order valence-electron chi connectivity index (χ4n) is 3.14. The number of nitrogens with zero attached hydrogens (tertiary/aromatic N) is 2. The van der Waals surface area contributed by atoms with E-state index in [9.17, 15) is 13.6 Å². The normalized spacial score (nSPS) is 16.9. The summed E-state index contributed by atoms with van der Waals surface area (Å²) in [6.07, 6.45) is 1.59. The molecule has 0 N–H and O–H groups in total. The lowest BCUT2D eigenvalue weighted by Gasteiger charge is -2.31. The first-order chi connectivity index (χ1) is 13.6. The molecule has 7 heteroatoms. The zero-order chi connectivity index (χ0) is 19.5. The molecular formula is C21H18F2N2O3. The third-order valence-electron chi connectivity index (χ3n) is 4.56. The quantitative estimate of drug-likeness (QED) is 0.687. The van der Waals surface area contributed by atoms with Crippen LogP contribution in [0.3, 0.4) is 0 Å². The molecule has 3 aromatic rings. The molecule has 1 saturated heterocycles. The molecule has 1 atom stereocenters. The van der Waals surface area contributed by atoms with Crippen LogP contribution in [0, 0.1) is 11.6 Å². The zero-order valence-corrected chi connectivity index (χ0v) is 15.0. The van der Waals surface area contributed by atoms with E-state index in [0.717, 1.165) is 5.56 Å². The highest BCUT2D eigenvalue weighted by atomic mass is 19.1. The summed E-state index contributed by atoms with van der Waals surface area (Å²) < 4.78 is 37.9. The van der Waals surface area contributed by atoms with Crippen LogP contribution in [0.5, 0.6) is 0 Å². The van der Waals surface area contributed by atoms with Crippen molar-refractivity contribution in [2.75, 3.05) is 19.7 Å². The average molecular weight is 384 g/mol. The third-order valence-corrected chi connectivity index (χ3v) is 4.56. The molecule has 0 bridgehead atoms. The van der Waals surface area contributed by atoms with Gasteiger partial charge in [-0.05, 0) is 35.9 Å². The molecule has 28 heavy (non-hydrogen) atoms. The van der Waals surface area contributed by atoms with Crippen LogP contribution in [-0.2, 0) is 11.2 Å². The van der Waals surface area contributed by atoms with E-state index in [-0.39, 0.29) is 18.3 Å². The van der Waals surface area contributed by atoms with Gasteiger partial charge in [-0.2, -0.15) is 0 Å². The maximum absolute atomic E-state index is 13.4. The van der Waals surface area contributed by atoms with Crippen LogP contribution in [0.4, 0.5) is 8.78 Å². The van der Waals surface area contributed by atoms with Gasteiger partial charge in [-0.3, -0.25) is 4.79 Å². The van der Waals surface area contributed by atoms with Crippen molar-refractivity contribution in [3.8, 4) is 0 Å². The number of halogens is 2. The van der Waals surface area contributed by atoms with Gasteiger partial charge in [0, 0.05) is 18.5 Å². The molecule has 1 aliphatic heterocycles. The van der Waals surface area contributed by atoms with E-state index in [0.29, 0.717) is 36.8 Å². The van der Waals surface area contributed by atoms with Gasteiger partial charge in [0.1, 0.15) is 17.4 Å². The lowest BCUT2D eigenvalue weighted by Crippen LogP contribution is -2.42. The molecule has 5 nitrogen and oxygen atoms in total. The number of oxazole rings is 1. The van der Waals surface area contributed by atoms with Gasteiger partial charge in [-0.1, -0.05) is 18.2 Å². The van der Waals surface area contributed by atoms with Crippen LogP contribution in [-0.4, -0.2) is 35.5 Å². The van der Waals surface area contributed by atoms with Crippen LogP contribution in [0.25, 0.3) is 0 Å². The Labute approximate surface area is 160 Å². The fraction of sp³-hybridized carbons (Fsp3) is 0.238. The second-order valence-electron chi connectivity index (χ2n) is 6.59. The number of aromatic nitrogens is 1. The number of rotatable bonds is 4. The van der Waals surface area contributed by atoms with Crippen molar-refractivity contribution in [2.24, 2.45) is 0 Å². The Kier molecular flexibility index (Phi) is 5.16. The first-order valence-electron chi connectivity index (χ1n) is 8.94. The number of ether oxygens (including phenoxy) is 1. The standard InChI is InChI=1S/C21H18F2N2O3/c22-16-6-4-14(5-7-16)10-18-12-24-20(28-18)19-13-25(8-9-27-19)21(26)15-2-1-3-17(23)11-15/h1-7,11-12,19H,8-10,13H2. The zero-order valence-electron chi connectivity index (χ0n) is 15.0. The minimum Gasteiger partial charge on any atom is -0.442 e. The molecular weight excluding hydrogens is 366 g/mol. The van der Waals surface area contributed by atoms with E-state index < -0.39 is 11.9 Å². The van der Waals surface area contributed by atoms with Crippen molar-refractivity contribution in [1.29, 1.82) is 0 Å². The van der Waals surface area contributed by atoms with E-state index >= 15 is 0 Å². The largest absolute Gasteiger partial charge is 0.442 e. The molecule has 1 amide bonds. The van der Waals surface area contributed by atoms with Crippen molar-refractivity contribution in [2.45, 2.75) is 12.5 Å². The Morgan fingerprint density at radius 2 is 1.96 bits per heavy atom. The summed E-state index contributed by atoms with van der Waals surface area (Å²) >= 11 is 0. The Balaban J connectivity index is 1.44. The molecule has 0 saturated carbocycles. The SMILES string of the molecule is O=C(c1cccc(F)c1)N1CCOC(c2ncc(Cc3ccc(F)cc3)o2)C1. The van der Waals surface area contributed by atoms with Gasteiger partial charge in [0.25, 0.3) is 5.91 Å². The second kappa shape index (κ2) is 7.90. The molecule has 2 heterocycles. The first-order valence-corrected chi connectivity index (χ1v) is 8.94. The Morgan fingerprint density at radius 3 is 2.75 bits per heavy atom. The van der Waals surface area contributed by atoms with E-state index in [1.807, 2.05) is 0 Å². The fourth-order valence-corrected chi connectivity index (χ4v) is 3.14. The molecule has 0 aliphatic carbocycles.